The second-order valence-corrected chi connectivity index (χ2v) is 6.31. The molecule has 1 aromatic carbocycles. The van der Waals surface area contributed by atoms with E-state index < -0.39 is 0 Å². The highest BCUT2D eigenvalue weighted by atomic mass is 16.6. The van der Waals surface area contributed by atoms with Gasteiger partial charge in [-0.25, -0.2) is 4.79 Å². The van der Waals surface area contributed by atoms with Crippen molar-refractivity contribution in [2.75, 3.05) is 38.1 Å². The van der Waals surface area contributed by atoms with Crippen LogP contribution in [-0.4, -0.2) is 56.2 Å². The summed E-state index contributed by atoms with van der Waals surface area (Å²) in [5.74, 6) is -0.117. The van der Waals surface area contributed by atoms with Gasteiger partial charge in [0.25, 0.3) is 0 Å². The van der Waals surface area contributed by atoms with E-state index >= 15 is 0 Å². The van der Waals surface area contributed by atoms with Gasteiger partial charge < -0.3 is 15.0 Å². The minimum absolute atomic E-state index is 0.117. The monoisotopic (exact) mass is 317 g/mol. The van der Waals surface area contributed by atoms with Gasteiger partial charge in [-0.3, -0.25) is 9.69 Å². The molecule has 0 saturated carbocycles. The lowest BCUT2D eigenvalue weighted by Crippen LogP contribution is -2.33. The average molecular weight is 317 g/mol. The number of nitrogens with zero attached hydrogens (tertiary/aromatic N) is 2. The maximum atomic E-state index is 12.1. The standard InChI is InChI=1S/C17H23N3O3/c1-12(21)18-10-16-11-20(17(22)23-16)15-4-3-13-5-7-19(2)8-6-14(13)9-15/h3-4,9,16H,5-8,10-11H2,1-2H3,(H,18,21)/t16-/m0/s1. The lowest BCUT2D eigenvalue weighted by Gasteiger charge is -2.16. The molecule has 0 bridgehead atoms. The first-order valence-corrected chi connectivity index (χ1v) is 8.06. The second-order valence-electron chi connectivity index (χ2n) is 6.31. The molecule has 1 N–H and O–H groups in total. The maximum absolute atomic E-state index is 12.1. The lowest BCUT2D eigenvalue weighted by atomic mass is 10.0. The van der Waals surface area contributed by atoms with Gasteiger partial charge in [-0.05, 0) is 43.1 Å². The normalized spacial score (nSPS) is 21.6. The van der Waals surface area contributed by atoms with Crippen LogP contribution in [0, 0.1) is 0 Å². The minimum atomic E-state index is -0.342. The second kappa shape index (κ2) is 6.58. The number of nitrogens with one attached hydrogen (secondary N) is 1. The van der Waals surface area contributed by atoms with Gasteiger partial charge >= 0.3 is 6.09 Å². The zero-order valence-electron chi connectivity index (χ0n) is 13.7. The molecule has 2 aliphatic heterocycles. The van der Waals surface area contributed by atoms with E-state index in [2.05, 4.69) is 29.4 Å². The molecule has 2 amide bonds. The van der Waals surface area contributed by atoms with Crippen molar-refractivity contribution in [3.05, 3.63) is 29.3 Å². The molecule has 0 spiro atoms. The van der Waals surface area contributed by atoms with E-state index in [4.69, 9.17) is 4.74 Å². The molecule has 23 heavy (non-hydrogen) atoms. The molecular weight excluding hydrogens is 294 g/mol. The fraction of sp³-hybridized carbons (Fsp3) is 0.529. The Bertz CT molecular complexity index is 617. The summed E-state index contributed by atoms with van der Waals surface area (Å²) in [6.07, 6.45) is 1.40. The van der Waals surface area contributed by atoms with Gasteiger partial charge in [0.05, 0.1) is 13.1 Å². The number of carbonyl (C=O) groups excluding carboxylic acids is 2. The molecule has 6 heteroatoms. The van der Waals surface area contributed by atoms with Crippen LogP contribution in [0.25, 0.3) is 0 Å². The van der Waals surface area contributed by atoms with Crippen LogP contribution in [0.5, 0.6) is 0 Å². The molecular formula is C17H23N3O3. The summed E-state index contributed by atoms with van der Waals surface area (Å²) in [6, 6.07) is 6.22. The molecule has 1 atom stereocenters. The third-order valence-electron chi connectivity index (χ3n) is 4.48. The molecule has 0 unspecified atom stereocenters. The molecule has 1 saturated heterocycles. The maximum Gasteiger partial charge on any atom is 0.414 e. The highest BCUT2D eigenvalue weighted by Gasteiger charge is 2.32. The van der Waals surface area contributed by atoms with Gasteiger partial charge in [-0.15, -0.1) is 0 Å². The fourth-order valence-corrected chi connectivity index (χ4v) is 3.09. The Labute approximate surface area is 136 Å². The molecule has 3 rings (SSSR count). The van der Waals surface area contributed by atoms with E-state index in [1.54, 1.807) is 4.90 Å². The Balaban J connectivity index is 1.72. The van der Waals surface area contributed by atoms with E-state index in [0.717, 1.165) is 31.6 Å². The van der Waals surface area contributed by atoms with Crippen molar-refractivity contribution in [1.82, 2.24) is 10.2 Å². The molecule has 6 nitrogen and oxygen atoms in total. The number of anilines is 1. The average Bonchev–Trinajstić information content (AvgIpc) is 2.79. The molecule has 0 radical (unpaired) electrons. The van der Waals surface area contributed by atoms with Crippen LogP contribution in [0.4, 0.5) is 10.5 Å². The summed E-state index contributed by atoms with van der Waals surface area (Å²) in [5.41, 5.74) is 3.55. The quantitative estimate of drug-likeness (QED) is 0.909. The molecule has 2 aliphatic rings. The number of fused-ring (bicyclic) bond motifs is 1. The Hall–Kier alpha value is -2.08. The van der Waals surface area contributed by atoms with E-state index in [1.807, 2.05) is 6.07 Å². The molecule has 2 heterocycles. The molecule has 0 aliphatic carbocycles. The summed E-state index contributed by atoms with van der Waals surface area (Å²) in [5, 5.41) is 2.69. The lowest BCUT2D eigenvalue weighted by molar-refractivity contribution is -0.119. The topological polar surface area (TPSA) is 61.9 Å². The highest BCUT2D eigenvalue weighted by Crippen LogP contribution is 2.26. The Kier molecular flexibility index (Phi) is 4.52. The fourth-order valence-electron chi connectivity index (χ4n) is 3.09. The highest BCUT2D eigenvalue weighted by molar-refractivity contribution is 5.90. The number of cyclic esters (lactones) is 1. The number of benzene rings is 1. The number of rotatable bonds is 3. The van der Waals surface area contributed by atoms with Gasteiger partial charge in [-0.1, -0.05) is 6.07 Å². The number of hydrogen-bond acceptors (Lipinski definition) is 4. The molecule has 1 fully saturated rings. The Morgan fingerprint density at radius 2 is 2.04 bits per heavy atom. The molecule has 1 aromatic rings. The minimum Gasteiger partial charge on any atom is -0.442 e. The van der Waals surface area contributed by atoms with Crippen molar-refractivity contribution in [1.29, 1.82) is 0 Å². The van der Waals surface area contributed by atoms with Gasteiger partial charge in [0, 0.05) is 25.7 Å². The van der Waals surface area contributed by atoms with Crippen molar-refractivity contribution in [2.24, 2.45) is 0 Å². The van der Waals surface area contributed by atoms with Crippen LogP contribution < -0.4 is 10.2 Å². The van der Waals surface area contributed by atoms with E-state index in [1.165, 1.54) is 18.1 Å². The van der Waals surface area contributed by atoms with E-state index in [-0.39, 0.29) is 18.1 Å². The molecule has 0 aromatic heterocycles. The SMILES string of the molecule is CC(=O)NC[C@H]1CN(c2ccc3c(c2)CCN(C)CC3)C(=O)O1. The third-order valence-corrected chi connectivity index (χ3v) is 4.48. The summed E-state index contributed by atoms with van der Waals surface area (Å²) in [6.45, 7) is 4.38. The molecule has 124 valence electrons. The van der Waals surface area contributed by atoms with Crippen LogP contribution >= 0.6 is 0 Å². The summed E-state index contributed by atoms with van der Waals surface area (Å²) < 4.78 is 5.33. The van der Waals surface area contributed by atoms with Crippen LogP contribution in [0.2, 0.25) is 0 Å². The number of ether oxygens (including phenoxy) is 1. The predicted molar refractivity (Wildman–Crippen MR) is 87.6 cm³/mol. The first-order chi connectivity index (χ1) is 11.0. The van der Waals surface area contributed by atoms with Crippen LogP contribution in [0.1, 0.15) is 18.1 Å². The summed E-state index contributed by atoms with van der Waals surface area (Å²) in [7, 11) is 2.14. The van der Waals surface area contributed by atoms with Gasteiger partial charge in [0.2, 0.25) is 5.91 Å². The Morgan fingerprint density at radius 3 is 2.78 bits per heavy atom. The smallest absolute Gasteiger partial charge is 0.414 e. The van der Waals surface area contributed by atoms with Crippen molar-refractivity contribution >= 4 is 17.7 Å². The van der Waals surface area contributed by atoms with Crippen LogP contribution in [0.15, 0.2) is 18.2 Å². The van der Waals surface area contributed by atoms with Gasteiger partial charge in [0.1, 0.15) is 6.10 Å². The number of amides is 2. The zero-order chi connectivity index (χ0) is 16.4. The number of hydrogen-bond donors (Lipinski definition) is 1. The van der Waals surface area contributed by atoms with Crippen molar-refractivity contribution in [3.8, 4) is 0 Å². The van der Waals surface area contributed by atoms with Crippen LogP contribution in [-0.2, 0) is 22.4 Å². The first kappa shape index (κ1) is 15.8. The number of likely N-dealkylation sites (N-methyl/N-ethyl adjacent to an activating group) is 1. The first-order valence-electron chi connectivity index (χ1n) is 8.06. The van der Waals surface area contributed by atoms with Crippen LogP contribution in [0.3, 0.4) is 0 Å². The number of carbonyl (C=O) groups is 2. The van der Waals surface area contributed by atoms with Gasteiger partial charge in [0.15, 0.2) is 0 Å². The van der Waals surface area contributed by atoms with Crippen molar-refractivity contribution in [3.63, 3.8) is 0 Å². The largest absolute Gasteiger partial charge is 0.442 e. The Morgan fingerprint density at radius 1 is 1.30 bits per heavy atom. The third kappa shape index (κ3) is 3.64. The van der Waals surface area contributed by atoms with Crippen molar-refractivity contribution < 1.29 is 14.3 Å². The zero-order valence-corrected chi connectivity index (χ0v) is 13.7. The van der Waals surface area contributed by atoms with E-state index in [9.17, 15) is 9.59 Å². The summed E-state index contributed by atoms with van der Waals surface area (Å²) in [4.78, 5) is 27.1. The predicted octanol–water partition coefficient (Wildman–Crippen LogP) is 1.18. The van der Waals surface area contributed by atoms with Gasteiger partial charge in [-0.2, -0.15) is 0 Å². The summed E-state index contributed by atoms with van der Waals surface area (Å²) >= 11 is 0. The van der Waals surface area contributed by atoms with Crippen molar-refractivity contribution in [2.45, 2.75) is 25.9 Å². The van der Waals surface area contributed by atoms with E-state index in [0.29, 0.717) is 13.1 Å².